The van der Waals surface area contributed by atoms with Crippen LogP contribution in [0.25, 0.3) is 0 Å². The van der Waals surface area contributed by atoms with Gasteiger partial charge in [-0.3, -0.25) is 9.59 Å². The van der Waals surface area contributed by atoms with Crippen LogP contribution in [-0.2, 0) is 25.7 Å². The van der Waals surface area contributed by atoms with E-state index in [4.69, 9.17) is 9.47 Å². The van der Waals surface area contributed by atoms with Crippen LogP contribution in [0.5, 0.6) is 0 Å². The molecule has 0 radical (unpaired) electrons. The minimum absolute atomic E-state index is 0.0266. The van der Waals surface area contributed by atoms with Crippen molar-refractivity contribution in [2.24, 2.45) is 11.8 Å². The van der Waals surface area contributed by atoms with Gasteiger partial charge in [0.2, 0.25) is 0 Å². The second-order valence-electron chi connectivity index (χ2n) is 10.4. The second kappa shape index (κ2) is 18.4. The molecule has 0 aliphatic carbocycles. The van der Waals surface area contributed by atoms with Gasteiger partial charge in [0.1, 0.15) is 6.61 Å². The molecule has 5 nitrogen and oxygen atoms in total. The van der Waals surface area contributed by atoms with E-state index in [0.29, 0.717) is 25.6 Å². The van der Waals surface area contributed by atoms with E-state index in [9.17, 15) is 9.59 Å². The Balaban J connectivity index is 1.68. The number of benzene rings is 1. The molecule has 1 atom stereocenters. The summed E-state index contributed by atoms with van der Waals surface area (Å²) in [5, 5.41) is 0. The summed E-state index contributed by atoms with van der Waals surface area (Å²) < 4.78 is 11.2. The molecule has 0 saturated carbocycles. The summed E-state index contributed by atoms with van der Waals surface area (Å²) in [6.45, 7) is 5.00. The molecule has 1 fully saturated rings. The van der Waals surface area contributed by atoms with Crippen molar-refractivity contribution in [3.8, 4) is 0 Å². The van der Waals surface area contributed by atoms with E-state index < -0.39 is 0 Å². The zero-order valence-corrected chi connectivity index (χ0v) is 22.3. The standard InChI is InChI=1S/C30H49NO4/c1-3-4-5-6-7-8-9-11-15-27(25-35-30(33)28-20-22-31(2)23-21-28)18-14-19-29(32)34-24-26-16-12-10-13-17-26/h10,12-13,16-17,27-28H,3-9,11,14-15,18-25H2,1-2H3. The first-order valence-corrected chi connectivity index (χ1v) is 14.1. The highest BCUT2D eigenvalue weighted by Gasteiger charge is 2.25. The molecule has 1 unspecified atom stereocenters. The third kappa shape index (κ3) is 13.7. The summed E-state index contributed by atoms with van der Waals surface area (Å²) in [7, 11) is 2.10. The average Bonchev–Trinajstić information content (AvgIpc) is 2.88. The average molecular weight is 488 g/mol. The maximum Gasteiger partial charge on any atom is 0.309 e. The van der Waals surface area contributed by atoms with Crippen molar-refractivity contribution in [1.82, 2.24) is 4.90 Å². The highest BCUT2D eigenvalue weighted by Crippen LogP contribution is 2.22. The number of carbonyl (C=O) groups excluding carboxylic acids is 2. The van der Waals surface area contributed by atoms with Crippen LogP contribution in [0.4, 0.5) is 0 Å². The van der Waals surface area contributed by atoms with Crippen molar-refractivity contribution >= 4 is 11.9 Å². The van der Waals surface area contributed by atoms with E-state index >= 15 is 0 Å². The van der Waals surface area contributed by atoms with Gasteiger partial charge in [0.15, 0.2) is 0 Å². The van der Waals surface area contributed by atoms with Crippen LogP contribution in [0, 0.1) is 11.8 Å². The maximum atomic E-state index is 12.6. The van der Waals surface area contributed by atoms with E-state index in [1.165, 1.54) is 51.4 Å². The predicted molar refractivity (Wildman–Crippen MR) is 142 cm³/mol. The molecule has 1 aliphatic rings. The van der Waals surface area contributed by atoms with Gasteiger partial charge in [0, 0.05) is 6.42 Å². The fourth-order valence-electron chi connectivity index (χ4n) is 4.79. The Bertz CT molecular complexity index is 685. The van der Waals surface area contributed by atoms with Crippen molar-refractivity contribution < 1.29 is 19.1 Å². The fourth-order valence-corrected chi connectivity index (χ4v) is 4.79. The lowest BCUT2D eigenvalue weighted by Gasteiger charge is -2.28. The monoisotopic (exact) mass is 487 g/mol. The molecule has 2 rings (SSSR count). The first-order chi connectivity index (χ1) is 17.1. The first kappa shape index (κ1) is 29.4. The number of unbranched alkanes of at least 4 members (excludes halogenated alkanes) is 7. The van der Waals surface area contributed by atoms with Crippen LogP contribution >= 0.6 is 0 Å². The Hall–Kier alpha value is -1.88. The summed E-state index contributed by atoms with van der Waals surface area (Å²) in [4.78, 5) is 27.1. The topological polar surface area (TPSA) is 55.8 Å². The molecule has 0 amide bonds. The minimum atomic E-state index is -0.150. The number of carbonyl (C=O) groups is 2. The molecule has 1 heterocycles. The summed E-state index contributed by atoms with van der Waals surface area (Å²) in [5.41, 5.74) is 1.01. The van der Waals surface area contributed by atoms with Gasteiger partial charge in [-0.1, -0.05) is 88.6 Å². The number of rotatable bonds is 18. The van der Waals surface area contributed by atoms with E-state index in [1.54, 1.807) is 0 Å². The van der Waals surface area contributed by atoms with Crippen LogP contribution in [0.2, 0.25) is 0 Å². The lowest BCUT2D eigenvalue weighted by atomic mass is 9.95. The summed E-state index contributed by atoms with van der Waals surface area (Å²) >= 11 is 0. The summed E-state index contributed by atoms with van der Waals surface area (Å²) in [6.07, 6.45) is 15.3. The van der Waals surface area contributed by atoms with Crippen LogP contribution in [0.1, 0.15) is 102 Å². The summed E-state index contributed by atoms with van der Waals surface area (Å²) in [5.74, 6) is 0.194. The lowest BCUT2D eigenvalue weighted by molar-refractivity contribution is -0.152. The smallest absolute Gasteiger partial charge is 0.309 e. The van der Waals surface area contributed by atoms with Gasteiger partial charge in [-0.2, -0.15) is 0 Å². The second-order valence-corrected chi connectivity index (χ2v) is 10.4. The number of nitrogens with zero attached hydrogens (tertiary/aromatic N) is 1. The normalized spacial score (nSPS) is 15.6. The van der Waals surface area contributed by atoms with Crippen LogP contribution in [0.3, 0.4) is 0 Å². The zero-order chi connectivity index (χ0) is 25.1. The molecule has 5 heteroatoms. The molecule has 0 spiro atoms. The Labute approximate surface area is 213 Å². The van der Waals surface area contributed by atoms with Gasteiger partial charge in [-0.15, -0.1) is 0 Å². The number of likely N-dealkylation sites (tertiary alicyclic amines) is 1. The van der Waals surface area contributed by atoms with E-state index in [-0.39, 0.29) is 17.9 Å². The molecular formula is C30H49NO4. The molecule has 0 bridgehead atoms. The Kier molecular flexibility index (Phi) is 15.4. The SMILES string of the molecule is CCCCCCCCCCC(CCCC(=O)OCc1ccccc1)COC(=O)C1CCN(C)CC1. The fraction of sp³-hybridized carbons (Fsp3) is 0.733. The molecule has 198 valence electrons. The molecular weight excluding hydrogens is 438 g/mol. The first-order valence-electron chi connectivity index (χ1n) is 14.1. The number of hydrogen-bond donors (Lipinski definition) is 0. The quantitative estimate of drug-likeness (QED) is 0.166. The van der Waals surface area contributed by atoms with E-state index in [1.807, 2.05) is 30.3 Å². The third-order valence-electron chi connectivity index (χ3n) is 7.22. The van der Waals surface area contributed by atoms with Crippen molar-refractivity contribution in [3.05, 3.63) is 35.9 Å². The largest absolute Gasteiger partial charge is 0.465 e. The molecule has 0 N–H and O–H groups in total. The van der Waals surface area contributed by atoms with Gasteiger partial charge < -0.3 is 14.4 Å². The molecule has 1 aliphatic heterocycles. The molecule has 1 aromatic carbocycles. The number of esters is 2. The molecule has 1 saturated heterocycles. The highest BCUT2D eigenvalue weighted by molar-refractivity contribution is 5.72. The van der Waals surface area contributed by atoms with Crippen molar-refractivity contribution in [2.75, 3.05) is 26.7 Å². The number of hydrogen-bond acceptors (Lipinski definition) is 5. The third-order valence-corrected chi connectivity index (χ3v) is 7.22. The van der Waals surface area contributed by atoms with E-state index in [2.05, 4.69) is 18.9 Å². The predicted octanol–water partition coefficient (Wildman–Crippen LogP) is 6.93. The number of piperidine rings is 1. The van der Waals surface area contributed by atoms with Gasteiger partial charge >= 0.3 is 11.9 Å². The Morgan fingerprint density at radius 3 is 2.20 bits per heavy atom. The molecule has 1 aromatic rings. The van der Waals surface area contributed by atoms with Gasteiger partial charge in [-0.25, -0.2) is 0 Å². The van der Waals surface area contributed by atoms with Gasteiger partial charge in [0.25, 0.3) is 0 Å². The van der Waals surface area contributed by atoms with E-state index in [0.717, 1.165) is 50.8 Å². The van der Waals surface area contributed by atoms with Crippen LogP contribution in [-0.4, -0.2) is 43.6 Å². The molecule has 0 aromatic heterocycles. The number of ether oxygens (including phenoxy) is 2. The lowest BCUT2D eigenvalue weighted by Crippen LogP contribution is -2.34. The maximum absolute atomic E-state index is 12.6. The molecule has 35 heavy (non-hydrogen) atoms. The van der Waals surface area contributed by atoms with Crippen molar-refractivity contribution in [2.45, 2.75) is 103 Å². The Morgan fingerprint density at radius 2 is 1.51 bits per heavy atom. The zero-order valence-electron chi connectivity index (χ0n) is 22.3. The minimum Gasteiger partial charge on any atom is -0.465 e. The Morgan fingerprint density at radius 1 is 0.886 bits per heavy atom. The van der Waals surface area contributed by atoms with Gasteiger partial charge in [-0.05, 0) is 63.7 Å². The van der Waals surface area contributed by atoms with Crippen molar-refractivity contribution in [3.63, 3.8) is 0 Å². The van der Waals surface area contributed by atoms with Gasteiger partial charge in [0.05, 0.1) is 12.5 Å². The summed E-state index contributed by atoms with van der Waals surface area (Å²) in [6, 6.07) is 9.78. The van der Waals surface area contributed by atoms with Crippen LogP contribution < -0.4 is 0 Å². The van der Waals surface area contributed by atoms with Crippen LogP contribution in [0.15, 0.2) is 30.3 Å². The van der Waals surface area contributed by atoms with Crippen molar-refractivity contribution in [1.29, 1.82) is 0 Å². The highest BCUT2D eigenvalue weighted by atomic mass is 16.5.